The molecule has 0 saturated heterocycles. The lowest BCUT2D eigenvalue weighted by Crippen LogP contribution is -2.24. The molecule has 0 aliphatic carbocycles. The molecule has 0 bridgehead atoms. The molecule has 0 atom stereocenters. The van der Waals surface area contributed by atoms with Gasteiger partial charge in [0.05, 0.1) is 18.1 Å². The summed E-state index contributed by atoms with van der Waals surface area (Å²) in [6.45, 7) is 0.791. The van der Waals surface area contributed by atoms with Gasteiger partial charge in [-0.25, -0.2) is 0 Å². The molecule has 1 aromatic heterocycles. The van der Waals surface area contributed by atoms with Crippen molar-refractivity contribution in [1.82, 2.24) is 10.3 Å². The summed E-state index contributed by atoms with van der Waals surface area (Å²) in [7, 11) is 0. The van der Waals surface area contributed by atoms with Gasteiger partial charge >= 0.3 is 0 Å². The Morgan fingerprint density at radius 2 is 1.95 bits per heavy atom. The van der Waals surface area contributed by atoms with Gasteiger partial charge in [-0.3, -0.25) is 9.78 Å². The number of rotatable bonds is 6. The number of para-hydroxylation sites is 1. The first-order chi connectivity index (χ1) is 9.75. The maximum atomic E-state index is 11.7. The van der Waals surface area contributed by atoms with Crippen LogP contribution in [0.3, 0.4) is 0 Å². The predicted molar refractivity (Wildman–Crippen MR) is 77.6 cm³/mol. The van der Waals surface area contributed by atoms with Crippen molar-refractivity contribution in [3.8, 4) is 5.75 Å². The zero-order chi connectivity index (χ0) is 14.2. The first-order valence-electron chi connectivity index (χ1n) is 6.28. The van der Waals surface area contributed by atoms with Gasteiger partial charge in [-0.15, -0.1) is 0 Å². The summed E-state index contributed by atoms with van der Waals surface area (Å²) < 4.78 is 5.46. The lowest BCUT2D eigenvalue weighted by molar-refractivity contribution is -0.121. The number of nitrogens with one attached hydrogen (secondary N) is 1. The molecule has 0 spiro atoms. The number of nitrogens with zero attached hydrogens (tertiary/aromatic N) is 1. The second-order valence-electron chi connectivity index (χ2n) is 4.16. The fourth-order valence-electron chi connectivity index (χ4n) is 1.61. The van der Waals surface area contributed by atoms with Crippen molar-refractivity contribution in [3.63, 3.8) is 0 Å². The van der Waals surface area contributed by atoms with Crippen molar-refractivity contribution in [1.29, 1.82) is 0 Å². The largest absolute Gasteiger partial charge is 0.491 e. The number of amides is 1. The average molecular weight is 291 g/mol. The second kappa shape index (κ2) is 7.50. The second-order valence-corrected chi connectivity index (χ2v) is 4.57. The molecule has 2 aromatic rings. The highest BCUT2D eigenvalue weighted by atomic mass is 35.5. The van der Waals surface area contributed by atoms with Crippen LogP contribution in [0.5, 0.6) is 5.75 Å². The van der Waals surface area contributed by atoms with Crippen molar-refractivity contribution in [2.45, 2.75) is 13.0 Å². The molecule has 0 unspecified atom stereocenters. The van der Waals surface area contributed by atoms with Gasteiger partial charge in [-0.1, -0.05) is 23.7 Å². The Bertz CT molecular complexity index is 561. The van der Waals surface area contributed by atoms with Crippen LogP contribution in [-0.2, 0) is 11.3 Å². The van der Waals surface area contributed by atoms with Crippen LogP contribution < -0.4 is 10.1 Å². The minimum atomic E-state index is -0.0612. The van der Waals surface area contributed by atoms with E-state index in [0.717, 1.165) is 5.56 Å². The molecule has 0 fully saturated rings. The molecule has 20 heavy (non-hydrogen) atoms. The van der Waals surface area contributed by atoms with Gasteiger partial charge < -0.3 is 10.1 Å². The Balaban J connectivity index is 1.69. The van der Waals surface area contributed by atoms with Crippen molar-refractivity contribution in [3.05, 3.63) is 59.4 Å². The number of carbonyl (C=O) groups is 1. The van der Waals surface area contributed by atoms with Crippen molar-refractivity contribution < 1.29 is 9.53 Å². The van der Waals surface area contributed by atoms with E-state index in [-0.39, 0.29) is 12.3 Å². The maximum Gasteiger partial charge on any atom is 0.223 e. The standard InChI is InChI=1S/C15H15ClN2O2/c16-13-3-1-2-4-14(13)20-10-7-15(19)18-11-12-5-8-17-9-6-12/h1-6,8-9H,7,10-11H2,(H,18,19). The molecular formula is C15H15ClN2O2. The lowest BCUT2D eigenvalue weighted by atomic mass is 10.2. The summed E-state index contributed by atoms with van der Waals surface area (Å²) in [5.41, 5.74) is 1.01. The third kappa shape index (κ3) is 4.55. The number of halogens is 1. The van der Waals surface area contributed by atoms with Gasteiger partial charge in [0.15, 0.2) is 0 Å². The molecule has 0 radical (unpaired) electrons. The molecule has 1 N–H and O–H groups in total. The van der Waals surface area contributed by atoms with Crippen molar-refractivity contribution in [2.75, 3.05) is 6.61 Å². The number of hydrogen-bond acceptors (Lipinski definition) is 3. The van der Waals surface area contributed by atoms with Gasteiger partial charge in [0.2, 0.25) is 5.91 Å². The van der Waals surface area contributed by atoms with Crippen LogP contribution in [0.1, 0.15) is 12.0 Å². The molecule has 0 aliphatic heterocycles. The van der Waals surface area contributed by atoms with E-state index in [1.807, 2.05) is 24.3 Å². The molecule has 5 heteroatoms. The molecule has 1 aromatic carbocycles. The molecule has 0 saturated carbocycles. The number of hydrogen-bond donors (Lipinski definition) is 1. The Kier molecular flexibility index (Phi) is 5.38. The van der Waals surface area contributed by atoms with Crippen molar-refractivity contribution in [2.24, 2.45) is 0 Å². The normalized spacial score (nSPS) is 10.1. The van der Waals surface area contributed by atoms with Crippen LogP contribution in [0, 0.1) is 0 Å². The number of benzene rings is 1. The van der Waals surface area contributed by atoms with Gasteiger partial charge in [0.1, 0.15) is 5.75 Å². The zero-order valence-electron chi connectivity index (χ0n) is 10.9. The van der Waals surface area contributed by atoms with E-state index in [1.165, 1.54) is 0 Å². The van der Waals surface area contributed by atoms with E-state index < -0.39 is 0 Å². The number of carbonyl (C=O) groups excluding carboxylic acids is 1. The fourth-order valence-corrected chi connectivity index (χ4v) is 1.80. The Morgan fingerprint density at radius 1 is 1.20 bits per heavy atom. The molecule has 2 rings (SSSR count). The fraction of sp³-hybridized carbons (Fsp3) is 0.200. The summed E-state index contributed by atoms with van der Waals surface area (Å²) in [6.07, 6.45) is 3.68. The lowest BCUT2D eigenvalue weighted by Gasteiger charge is -2.08. The Labute approximate surface area is 122 Å². The summed E-state index contributed by atoms with van der Waals surface area (Å²) in [4.78, 5) is 15.6. The Morgan fingerprint density at radius 3 is 2.70 bits per heavy atom. The van der Waals surface area contributed by atoms with E-state index in [2.05, 4.69) is 10.3 Å². The minimum Gasteiger partial charge on any atom is -0.491 e. The summed E-state index contributed by atoms with van der Waals surface area (Å²) in [5, 5.41) is 3.37. The molecule has 1 amide bonds. The van der Waals surface area contributed by atoms with Crippen LogP contribution >= 0.6 is 11.6 Å². The molecule has 104 valence electrons. The first-order valence-corrected chi connectivity index (χ1v) is 6.66. The smallest absolute Gasteiger partial charge is 0.223 e. The van der Waals surface area contributed by atoms with E-state index in [1.54, 1.807) is 24.5 Å². The van der Waals surface area contributed by atoms with E-state index in [0.29, 0.717) is 23.9 Å². The van der Waals surface area contributed by atoms with Crippen LogP contribution in [0.25, 0.3) is 0 Å². The highest BCUT2D eigenvalue weighted by molar-refractivity contribution is 6.32. The van der Waals surface area contributed by atoms with Crippen molar-refractivity contribution >= 4 is 17.5 Å². The summed E-state index contributed by atoms with van der Waals surface area (Å²) in [6, 6.07) is 10.9. The van der Waals surface area contributed by atoms with Gasteiger partial charge in [0.25, 0.3) is 0 Å². The molecule has 0 aliphatic rings. The van der Waals surface area contributed by atoms with Crippen LogP contribution in [0.2, 0.25) is 5.02 Å². The van der Waals surface area contributed by atoms with Crippen LogP contribution in [0.15, 0.2) is 48.8 Å². The predicted octanol–water partition coefficient (Wildman–Crippen LogP) is 2.82. The van der Waals surface area contributed by atoms with Crippen LogP contribution in [0.4, 0.5) is 0 Å². The van der Waals surface area contributed by atoms with E-state index in [9.17, 15) is 4.79 Å². The van der Waals surface area contributed by atoms with E-state index >= 15 is 0 Å². The third-order valence-corrected chi connectivity index (χ3v) is 2.97. The molecule has 4 nitrogen and oxygen atoms in total. The monoisotopic (exact) mass is 290 g/mol. The highest BCUT2D eigenvalue weighted by Gasteiger charge is 2.04. The maximum absolute atomic E-state index is 11.7. The SMILES string of the molecule is O=C(CCOc1ccccc1Cl)NCc1ccncc1. The topological polar surface area (TPSA) is 51.2 Å². The minimum absolute atomic E-state index is 0.0612. The quantitative estimate of drug-likeness (QED) is 0.890. The number of ether oxygens (including phenoxy) is 1. The Hall–Kier alpha value is -2.07. The molecule has 1 heterocycles. The number of aromatic nitrogens is 1. The van der Waals surface area contributed by atoms with E-state index in [4.69, 9.17) is 16.3 Å². The number of pyridine rings is 1. The van der Waals surface area contributed by atoms with Gasteiger partial charge in [-0.05, 0) is 29.8 Å². The molecular weight excluding hydrogens is 276 g/mol. The highest BCUT2D eigenvalue weighted by Crippen LogP contribution is 2.22. The summed E-state index contributed by atoms with van der Waals surface area (Å²) in [5.74, 6) is 0.532. The van der Waals surface area contributed by atoms with Gasteiger partial charge in [0, 0.05) is 18.9 Å². The third-order valence-electron chi connectivity index (χ3n) is 2.66. The average Bonchev–Trinajstić information content (AvgIpc) is 2.48. The summed E-state index contributed by atoms with van der Waals surface area (Å²) >= 11 is 5.95. The van der Waals surface area contributed by atoms with Gasteiger partial charge in [-0.2, -0.15) is 0 Å². The first kappa shape index (κ1) is 14.3. The van der Waals surface area contributed by atoms with Crippen LogP contribution in [-0.4, -0.2) is 17.5 Å². The zero-order valence-corrected chi connectivity index (χ0v) is 11.6.